The molecular weight excluding hydrogens is 336 g/mol. The van der Waals surface area contributed by atoms with Gasteiger partial charge in [-0.3, -0.25) is 0 Å². The Morgan fingerprint density at radius 2 is 1.77 bits per heavy atom. The summed E-state index contributed by atoms with van der Waals surface area (Å²) in [4.78, 5) is 22.8. The topological polar surface area (TPSA) is 93.1 Å². The summed E-state index contributed by atoms with van der Waals surface area (Å²) in [5, 5.41) is 18.6. The summed E-state index contributed by atoms with van der Waals surface area (Å²) in [6.45, 7) is 8.01. The number of methoxy groups -OCH3 is 1. The second kappa shape index (κ2) is 9.65. The molecule has 0 amide bonds. The molecule has 0 aliphatic carbocycles. The molecular formula is C20H26O6. The fourth-order valence-corrected chi connectivity index (χ4v) is 2.48. The fraction of sp³-hybridized carbons (Fsp3) is 0.400. The monoisotopic (exact) mass is 362 g/mol. The van der Waals surface area contributed by atoms with Gasteiger partial charge in [0.2, 0.25) is 0 Å². The van der Waals surface area contributed by atoms with Gasteiger partial charge >= 0.3 is 11.9 Å². The van der Waals surface area contributed by atoms with Crippen molar-refractivity contribution in [2.45, 2.75) is 40.5 Å². The predicted molar refractivity (Wildman–Crippen MR) is 99.6 cm³/mol. The number of ether oxygens (including phenoxy) is 2. The summed E-state index contributed by atoms with van der Waals surface area (Å²) in [5.74, 6) is -2.42. The molecule has 6 heteroatoms. The minimum atomic E-state index is -1.36. The van der Waals surface area contributed by atoms with E-state index in [4.69, 9.17) is 9.47 Å². The maximum Gasteiger partial charge on any atom is 0.340 e. The van der Waals surface area contributed by atoms with Crippen LogP contribution in [0.1, 0.15) is 59.9 Å². The number of carboxylic acid groups (broad SMARTS) is 2. The highest BCUT2D eigenvalue weighted by Gasteiger charge is 2.25. The van der Waals surface area contributed by atoms with Crippen LogP contribution in [0.4, 0.5) is 0 Å². The first-order chi connectivity index (χ1) is 12.2. The third kappa shape index (κ3) is 5.65. The summed E-state index contributed by atoms with van der Waals surface area (Å²) < 4.78 is 10.8. The first-order valence-corrected chi connectivity index (χ1v) is 8.29. The lowest BCUT2D eigenvalue weighted by Gasteiger charge is -2.16. The van der Waals surface area contributed by atoms with Crippen LogP contribution in [0.5, 0.6) is 11.5 Å². The summed E-state index contributed by atoms with van der Waals surface area (Å²) in [6.07, 6.45) is 5.95. The van der Waals surface area contributed by atoms with Crippen molar-refractivity contribution >= 4 is 11.9 Å². The molecule has 0 bridgehead atoms. The van der Waals surface area contributed by atoms with Gasteiger partial charge in [0, 0.05) is 5.56 Å². The van der Waals surface area contributed by atoms with Crippen molar-refractivity contribution in [1.29, 1.82) is 0 Å². The summed E-state index contributed by atoms with van der Waals surface area (Å²) in [5.41, 5.74) is 2.15. The van der Waals surface area contributed by atoms with E-state index in [0.29, 0.717) is 5.56 Å². The molecule has 0 spiro atoms. The van der Waals surface area contributed by atoms with Gasteiger partial charge in [0.1, 0.15) is 23.7 Å². The van der Waals surface area contributed by atoms with Crippen LogP contribution in [0.25, 0.3) is 0 Å². The fourth-order valence-electron chi connectivity index (χ4n) is 2.48. The quantitative estimate of drug-likeness (QED) is 0.630. The Hall–Kier alpha value is -2.76. The molecule has 0 saturated carbocycles. The molecule has 0 aromatic heterocycles. The van der Waals surface area contributed by atoms with E-state index in [9.17, 15) is 19.8 Å². The van der Waals surface area contributed by atoms with Crippen LogP contribution in [0.2, 0.25) is 0 Å². The average molecular weight is 362 g/mol. The Morgan fingerprint density at radius 3 is 2.27 bits per heavy atom. The van der Waals surface area contributed by atoms with Gasteiger partial charge in [-0.1, -0.05) is 17.2 Å². The van der Waals surface area contributed by atoms with Crippen LogP contribution in [0.3, 0.4) is 0 Å². The van der Waals surface area contributed by atoms with E-state index in [0.717, 1.165) is 18.4 Å². The number of allylic oxidation sites excluding steroid dienone is 3. The second-order valence-corrected chi connectivity index (χ2v) is 6.25. The van der Waals surface area contributed by atoms with E-state index in [1.54, 1.807) is 6.92 Å². The molecule has 0 heterocycles. The highest BCUT2D eigenvalue weighted by Crippen LogP contribution is 2.34. The van der Waals surface area contributed by atoms with Crippen molar-refractivity contribution < 1.29 is 29.3 Å². The van der Waals surface area contributed by atoms with E-state index in [1.165, 1.54) is 18.7 Å². The van der Waals surface area contributed by atoms with Gasteiger partial charge in [-0.2, -0.15) is 0 Å². The van der Waals surface area contributed by atoms with Crippen LogP contribution >= 0.6 is 0 Å². The molecule has 1 aromatic carbocycles. The summed E-state index contributed by atoms with van der Waals surface area (Å²) in [6, 6.07) is 1.23. The third-order valence-electron chi connectivity index (χ3n) is 3.89. The lowest BCUT2D eigenvalue weighted by molar-refractivity contribution is 0.0647. The van der Waals surface area contributed by atoms with E-state index < -0.39 is 11.9 Å². The van der Waals surface area contributed by atoms with E-state index >= 15 is 0 Å². The standard InChI is InChI=1S/C20H26O6/c1-12(2)7-6-8-13(3)9-10-26-16-11-15(19(21)22)17(20(23)24)18(25-5)14(16)4/h7,9,11H,6,8,10H2,1-5H3,(H,21,22)(H,23,24)/b13-9+. The molecule has 0 radical (unpaired) electrons. The molecule has 2 N–H and O–H groups in total. The first kappa shape index (κ1) is 21.3. The predicted octanol–water partition coefficient (Wildman–Crippen LogP) is 4.47. The lowest BCUT2D eigenvalue weighted by atomic mass is 10.0. The average Bonchev–Trinajstić information content (AvgIpc) is 2.54. The second-order valence-electron chi connectivity index (χ2n) is 6.25. The van der Waals surface area contributed by atoms with Crippen molar-refractivity contribution in [3.63, 3.8) is 0 Å². The van der Waals surface area contributed by atoms with E-state index in [2.05, 4.69) is 19.9 Å². The molecule has 26 heavy (non-hydrogen) atoms. The molecule has 1 aromatic rings. The van der Waals surface area contributed by atoms with Crippen LogP contribution < -0.4 is 9.47 Å². The Kier molecular flexibility index (Phi) is 7.90. The van der Waals surface area contributed by atoms with Crippen molar-refractivity contribution in [2.24, 2.45) is 0 Å². The summed E-state index contributed by atoms with van der Waals surface area (Å²) >= 11 is 0. The van der Waals surface area contributed by atoms with Crippen molar-refractivity contribution in [1.82, 2.24) is 0 Å². The number of rotatable bonds is 9. The van der Waals surface area contributed by atoms with E-state index in [1.807, 2.05) is 13.0 Å². The number of aromatic carboxylic acids is 2. The van der Waals surface area contributed by atoms with Crippen LogP contribution in [0.15, 0.2) is 29.4 Å². The summed E-state index contributed by atoms with van der Waals surface area (Å²) in [7, 11) is 1.30. The van der Waals surface area contributed by atoms with Crippen molar-refractivity contribution in [2.75, 3.05) is 13.7 Å². The largest absolute Gasteiger partial charge is 0.495 e. The minimum absolute atomic E-state index is 0.00309. The minimum Gasteiger partial charge on any atom is -0.495 e. The number of carboxylic acids is 2. The van der Waals surface area contributed by atoms with Gasteiger partial charge in [0.05, 0.1) is 12.7 Å². The number of carbonyl (C=O) groups is 2. The lowest BCUT2D eigenvalue weighted by Crippen LogP contribution is -2.12. The SMILES string of the molecule is COc1c(C)c(OC/C=C(\C)CCC=C(C)C)cc(C(=O)O)c1C(=O)O. The molecule has 142 valence electrons. The van der Waals surface area contributed by atoms with Crippen LogP contribution in [-0.2, 0) is 0 Å². The van der Waals surface area contributed by atoms with Crippen LogP contribution in [-0.4, -0.2) is 35.9 Å². The number of benzene rings is 1. The smallest absolute Gasteiger partial charge is 0.340 e. The highest BCUT2D eigenvalue weighted by molar-refractivity contribution is 6.04. The van der Waals surface area contributed by atoms with Gasteiger partial charge in [-0.15, -0.1) is 0 Å². The van der Waals surface area contributed by atoms with Crippen molar-refractivity contribution in [3.05, 3.63) is 46.1 Å². The van der Waals surface area contributed by atoms with Crippen LogP contribution in [0, 0.1) is 6.92 Å². The number of hydrogen-bond acceptors (Lipinski definition) is 4. The van der Waals surface area contributed by atoms with Gasteiger partial charge in [-0.25, -0.2) is 9.59 Å². The zero-order valence-electron chi connectivity index (χ0n) is 15.9. The number of hydrogen-bond donors (Lipinski definition) is 2. The van der Waals surface area contributed by atoms with Gasteiger partial charge < -0.3 is 19.7 Å². The molecule has 0 unspecified atom stereocenters. The molecule has 0 atom stereocenters. The molecule has 0 aliphatic rings. The Labute approximate surface area is 153 Å². The molecule has 0 aliphatic heterocycles. The molecule has 1 rings (SSSR count). The zero-order chi connectivity index (χ0) is 19.9. The third-order valence-corrected chi connectivity index (χ3v) is 3.89. The maximum atomic E-state index is 11.4. The van der Waals surface area contributed by atoms with E-state index in [-0.39, 0.29) is 29.2 Å². The maximum absolute atomic E-state index is 11.4. The Balaban J connectivity index is 3.03. The highest BCUT2D eigenvalue weighted by atomic mass is 16.5. The van der Waals surface area contributed by atoms with Gasteiger partial charge in [0.15, 0.2) is 0 Å². The Bertz CT molecular complexity index is 739. The molecule has 6 nitrogen and oxygen atoms in total. The normalized spacial score (nSPS) is 11.0. The van der Waals surface area contributed by atoms with Gasteiger partial charge in [-0.05, 0) is 52.7 Å². The Morgan fingerprint density at radius 1 is 1.12 bits per heavy atom. The first-order valence-electron chi connectivity index (χ1n) is 8.29. The molecule has 0 fully saturated rings. The van der Waals surface area contributed by atoms with Gasteiger partial charge in [0.25, 0.3) is 0 Å². The zero-order valence-corrected chi connectivity index (χ0v) is 15.9. The van der Waals surface area contributed by atoms with Crippen molar-refractivity contribution in [3.8, 4) is 11.5 Å². The molecule has 0 saturated heterocycles.